The normalized spacial score (nSPS) is 13.0. The topological polar surface area (TPSA) is 68.7 Å². The highest BCUT2D eigenvalue weighted by atomic mass is 32.1. The SMILES string of the molecule is CCc1c(C)sc2nc3c4ccc5c(=O)n6c(nc7sc(C)c(CC)c76)c6sc(c(=O)n3c12)c4c56. The molecular weight excluding hydrogens is 497 g/mol. The smallest absolute Gasteiger partial charge is 0.268 e. The Balaban J connectivity index is 1.67. The Labute approximate surface area is 209 Å². The third-order valence-corrected chi connectivity index (χ3v) is 10.7. The Kier molecular flexibility index (Phi) is 3.64. The lowest BCUT2D eigenvalue weighted by Crippen LogP contribution is -2.14. The Hall–Kier alpha value is -3.14. The van der Waals surface area contributed by atoms with Gasteiger partial charge in [-0.3, -0.25) is 18.4 Å². The lowest BCUT2D eigenvalue weighted by molar-refractivity contribution is 1.11. The van der Waals surface area contributed by atoms with Crippen molar-refractivity contribution in [2.45, 2.75) is 40.5 Å². The first-order valence-corrected chi connectivity index (χ1v) is 14.1. The highest BCUT2D eigenvalue weighted by Crippen LogP contribution is 2.43. The van der Waals surface area contributed by atoms with Crippen molar-refractivity contribution in [3.05, 3.63) is 53.7 Å². The third-order valence-electron chi connectivity index (χ3n) is 7.46. The predicted octanol–water partition coefficient (Wildman–Crippen LogP) is 6.27. The van der Waals surface area contributed by atoms with Crippen molar-refractivity contribution in [1.82, 2.24) is 18.8 Å². The molecule has 0 saturated heterocycles. The number of pyridine rings is 2. The number of thiophene rings is 3. The average Bonchev–Trinajstić information content (AvgIpc) is 3.60. The van der Waals surface area contributed by atoms with Gasteiger partial charge in [0.15, 0.2) is 5.65 Å². The highest BCUT2D eigenvalue weighted by Gasteiger charge is 2.27. The van der Waals surface area contributed by atoms with E-state index >= 15 is 0 Å². The average molecular weight is 515 g/mol. The highest BCUT2D eigenvalue weighted by molar-refractivity contribution is 7.27. The van der Waals surface area contributed by atoms with Gasteiger partial charge in [0.1, 0.15) is 20.0 Å². The van der Waals surface area contributed by atoms with Crippen molar-refractivity contribution < 1.29 is 0 Å². The van der Waals surface area contributed by atoms with E-state index in [9.17, 15) is 9.59 Å². The minimum absolute atomic E-state index is 0.0553. The van der Waals surface area contributed by atoms with E-state index in [1.54, 1.807) is 31.5 Å². The van der Waals surface area contributed by atoms with E-state index in [4.69, 9.17) is 9.97 Å². The van der Waals surface area contributed by atoms with Crippen molar-refractivity contribution in [2.24, 2.45) is 0 Å². The van der Waals surface area contributed by atoms with Gasteiger partial charge in [-0.05, 0) is 49.9 Å². The van der Waals surface area contributed by atoms with Crippen molar-refractivity contribution >= 4 is 96.9 Å². The molecule has 1 aromatic carbocycles. The number of hydrogen-bond acceptors (Lipinski definition) is 7. The van der Waals surface area contributed by atoms with E-state index in [-0.39, 0.29) is 11.1 Å². The Bertz CT molecular complexity index is 2310. The van der Waals surface area contributed by atoms with Crippen LogP contribution < -0.4 is 11.1 Å². The molecule has 0 aliphatic carbocycles. The molecule has 0 bridgehead atoms. The molecule has 0 unspecified atom stereocenters. The fourth-order valence-electron chi connectivity index (χ4n) is 5.95. The summed E-state index contributed by atoms with van der Waals surface area (Å²) >= 11 is 4.74. The van der Waals surface area contributed by atoms with Gasteiger partial charge in [0.25, 0.3) is 11.1 Å². The molecule has 8 rings (SSSR count). The Morgan fingerprint density at radius 1 is 0.714 bits per heavy atom. The van der Waals surface area contributed by atoms with E-state index in [1.165, 1.54) is 32.2 Å². The summed E-state index contributed by atoms with van der Waals surface area (Å²) in [4.78, 5) is 41.9. The number of hydrogen-bond donors (Lipinski definition) is 0. The van der Waals surface area contributed by atoms with Gasteiger partial charge in [0.05, 0.1) is 15.7 Å². The number of nitrogens with zero attached hydrogens (tertiary/aromatic N) is 4. The molecule has 0 aliphatic rings. The van der Waals surface area contributed by atoms with Crippen molar-refractivity contribution in [2.75, 3.05) is 0 Å². The molecule has 7 heterocycles. The van der Waals surface area contributed by atoms with Crippen LogP contribution in [0.4, 0.5) is 0 Å². The largest absolute Gasteiger partial charge is 0.274 e. The van der Waals surface area contributed by atoms with Gasteiger partial charge < -0.3 is 0 Å². The summed E-state index contributed by atoms with van der Waals surface area (Å²) < 4.78 is 5.16. The van der Waals surface area contributed by atoms with Gasteiger partial charge in [0.2, 0.25) is 0 Å². The van der Waals surface area contributed by atoms with Gasteiger partial charge in [-0.15, -0.1) is 34.0 Å². The molecule has 0 amide bonds. The summed E-state index contributed by atoms with van der Waals surface area (Å²) in [6.07, 6.45) is 1.69. The molecule has 0 atom stereocenters. The minimum atomic E-state index is -0.0651. The molecule has 7 aromatic heterocycles. The zero-order valence-corrected chi connectivity index (χ0v) is 21.8. The second-order valence-corrected chi connectivity index (χ2v) is 12.5. The zero-order chi connectivity index (χ0) is 23.9. The molecule has 0 saturated carbocycles. The molecule has 0 N–H and O–H groups in total. The molecule has 0 spiro atoms. The first kappa shape index (κ1) is 20.1. The number of aryl methyl sites for hydroxylation is 4. The van der Waals surface area contributed by atoms with Crippen LogP contribution in [0.5, 0.6) is 0 Å². The quantitative estimate of drug-likeness (QED) is 0.255. The van der Waals surface area contributed by atoms with Crippen LogP contribution in [-0.4, -0.2) is 18.8 Å². The maximum absolute atomic E-state index is 14.0. The van der Waals surface area contributed by atoms with E-state index < -0.39 is 0 Å². The number of imidazole rings is 2. The van der Waals surface area contributed by atoms with E-state index in [0.29, 0.717) is 21.4 Å². The number of aromatic nitrogens is 4. The summed E-state index contributed by atoms with van der Waals surface area (Å²) in [5.41, 5.74) is 5.44. The van der Waals surface area contributed by atoms with E-state index in [1.807, 2.05) is 12.1 Å². The second kappa shape index (κ2) is 6.34. The molecule has 0 aliphatic heterocycles. The van der Waals surface area contributed by atoms with Crippen molar-refractivity contribution in [1.29, 1.82) is 0 Å². The van der Waals surface area contributed by atoms with Crippen LogP contribution in [-0.2, 0) is 12.8 Å². The molecule has 6 nitrogen and oxygen atoms in total. The number of rotatable bonds is 2. The summed E-state index contributed by atoms with van der Waals surface area (Å²) in [5.74, 6) is 0. The Morgan fingerprint density at radius 3 is 1.89 bits per heavy atom. The first-order chi connectivity index (χ1) is 16.9. The lowest BCUT2D eigenvalue weighted by atomic mass is 10.0. The maximum Gasteiger partial charge on any atom is 0.274 e. The van der Waals surface area contributed by atoms with Crippen LogP contribution in [0.15, 0.2) is 21.7 Å². The van der Waals surface area contributed by atoms with Crippen LogP contribution in [0.2, 0.25) is 0 Å². The van der Waals surface area contributed by atoms with Crippen LogP contribution in [0, 0.1) is 13.8 Å². The van der Waals surface area contributed by atoms with Gasteiger partial charge in [-0.1, -0.05) is 13.8 Å². The molecular formula is C26H18N4O2S3. The summed E-state index contributed by atoms with van der Waals surface area (Å²) in [5, 5.41) is 3.26. The first-order valence-electron chi connectivity index (χ1n) is 11.7. The van der Waals surface area contributed by atoms with Crippen molar-refractivity contribution in [3.8, 4) is 0 Å². The zero-order valence-electron chi connectivity index (χ0n) is 19.4. The van der Waals surface area contributed by atoms with Crippen molar-refractivity contribution in [3.63, 3.8) is 0 Å². The lowest BCUT2D eigenvalue weighted by Gasteiger charge is -2.06. The number of benzene rings is 1. The van der Waals surface area contributed by atoms with Crippen LogP contribution in [0.3, 0.4) is 0 Å². The summed E-state index contributed by atoms with van der Waals surface area (Å²) in [6, 6.07) is 3.89. The molecule has 0 radical (unpaired) electrons. The van der Waals surface area contributed by atoms with E-state index in [0.717, 1.165) is 54.4 Å². The monoisotopic (exact) mass is 514 g/mol. The van der Waals surface area contributed by atoms with Gasteiger partial charge in [-0.2, -0.15) is 0 Å². The van der Waals surface area contributed by atoms with E-state index in [2.05, 4.69) is 27.7 Å². The molecule has 172 valence electrons. The fourth-order valence-corrected chi connectivity index (χ4v) is 9.39. The number of fused-ring (bicyclic) bond motifs is 8. The summed E-state index contributed by atoms with van der Waals surface area (Å²) in [7, 11) is 0. The van der Waals surface area contributed by atoms with Gasteiger partial charge in [-0.25, -0.2) is 9.97 Å². The van der Waals surface area contributed by atoms with Gasteiger partial charge >= 0.3 is 0 Å². The maximum atomic E-state index is 14.0. The standard InChI is InChI=1S/C26H18N4O2S3/c1-5-11-9(3)33-23-17(11)29-21(27-23)13-7-8-14-16-15(13)20(26(29)32)35-19(16)22-28-24-18(30(22)25(14)31)12(6-2)10(4)34-24/h7-8H,5-6H2,1-4H3. The summed E-state index contributed by atoms with van der Waals surface area (Å²) in [6.45, 7) is 8.42. The molecule has 9 heteroatoms. The third kappa shape index (κ3) is 2.13. The van der Waals surface area contributed by atoms with Crippen LogP contribution >= 0.6 is 34.0 Å². The van der Waals surface area contributed by atoms with Crippen LogP contribution in [0.1, 0.15) is 34.7 Å². The molecule has 0 fully saturated rings. The fraction of sp³-hybridized carbons (Fsp3) is 0.231. The van der Waals surface area contributed by atoms with Crippen LogP contribution in [0.25, 0.3) is 62.9 Å². The minimum Gasteiger partial charge on any atom is -0.268 e. The molecule has 8 aromatic rings. The predicted molar refractivity (Wildman–Crippen MR) is 148 cm³/mol. The second-order valence-electron chi connectivity index (χ2n) is 9.11. The van der Waals surface area contributed by atoms with Gasteiger partial charge in [0, 0.05) is 31.3 Å². The molecule has 35 heavy (non-hydrogen) atoms. The Morgan fingerprint density at radius 2 is 1.26 bits per heavy atom.